The van der Waals surface area contributed by atoms with Crippen LogP contribution < -0.4 is 9.80 Å². The summed E-state index contributed by atoms with van der Waals surface area (Å²) in [6, 6.07) is 3.06. The topological polar surface area (TPSA) is 58.0 Å². The zero-order chi connectivity index (χ0) is 18.3. The van der Waals surface area contributed by atoms with Gasteiger partial charge in [0.2, 0.25) is 0 Å². The fraction of sp³-hybridized carbons (Fsp3) is 0.529. The van der Waals surface area contributed by atoms with Gasteiger partial charge in [-0.15, -0.1) is 0 Å². The van der Waals surface area contributed by atoms with Gasteiger partial charge in [-0.3, -0.25) is 0 Å². The van der Waals surface area contributed by atoms with Gasteiger partial charge in [-0.1, -0.05) is 0 Å². The van der Waals surface area contributed by atoms with E-state index in [-0.39, 0.29) is 5.82 Å². The number of piperazine rings is 1. The van der Waals surface area contributed by atoms with Gasteiger partial charge in [-0.25, -0.2) is 19.9 Å². The molecule has 1 saturated carbocycles. The van der Waals surface area contributed by atoms with Crippen LogP contribution in [0.15, 0.2) is 18.5 Å². The maximum absolute atomic E-state index is 13.0. The van der Waals surface area contributed by atoms with E-state index in [2.05, 4.69) is 24.8 Å². The maximum atomic E-state index is 13.0. The highest BCUT2D eigenvalue weighted by atomic mass is 19.4. The molecule has 0 N–H and O–H groups in total. The molecule has 0 amide bonds. The maximum Gasteiger partial charge on any atom is 0.433 e. The lowest BCUT2D eigenvalue weighted by Gasteiger charge is -2.36. The van der Waals surface area contributed by atoms with Crippen molar-refractivity contribution in [2.75, 3.05) is 36.0 Å². The fourth-order valence-corrected chi connectivity index (χ4v) is 3.16. The number of halogens is 3. The summed E-state index contributed by atoms with van der Waals surface area (Å²) in [4.78, 5) is 20.4. The Hall–Kier alpha value is -2.45. The lowest BCUT2D eigenvalue weighted by molar-refractivity contribution is -0.141. The van der Waals surface area contributed by atoms with Gasteiger partial charge in [0.25, 0.3) is 0 Å². The Labute approximate surface area is 149 Å². The van der Waals surface area contributed by atoms with Crippen molar-refractivity contribution in [3.8, 4) is 0 Å². The molecule has 4 rings (SSSR count). The first-order valence-electron chi connectivity index (χ1n) is 8.65. The van der Waals surface area contributed by atoms with E-state index in [0.29, 0.717) is 37.9 Å². The smallest absolute Gasteiger partial charge is 0.353 e. The van der Waals surface area contributed by atoms with Crippen LogP contribution >= 0.6 is 0 Å². The fourth-order valence-electron chi connectivity index (χ4n) is 3.16. The molecular weight excluding hydrogens is 345 g/mol. The van der Waals surface area contributed by atoms with Crippen LogP contribution in [0.3, 0.4) is 0 Å². The summed E-state index contributed by atoms with van der Waals surface area (Å²) in [6.07, 6.45) is -0.513. The molecule has 2 fully saturated rings. The summed E-state index contributed by atoms with van der Waals surface area (Å²) in [7, 11) is 0. The molecule has 26 heavy (non-hydrogen) atoms. The standard InChI is InChI=1S/C17H19F3N6/c1-11-23-14(17(18,19)20)9-16(24-11)26-6-4-25(5-7-26)15-8-13(12-2-3-12)21-10-22-15/h8-10,12H,2-7H2,1H3. The molecule has 2 aliphatic rings. The van der Waals surface area contributed by atoms with Crippen molar-refractivity contribution in [2.45, 2.75) is 31.9 Å². The first kappa shape index (κ1) is 17.0. The lowest BCUT2D eigenvalue weighted by atomic mass is 10.2. The highest BCUT2D eigenvalue weighted by Gasteiger charge is 2.34. The van der Waals surface area contributed by atoms with Crippen molar-refractivity contribution in [3.63, 3.8) is 0 Å². The van der Waals surface area contributed by atoms with E-state index in [1.54, 1.807) is 6.33 Å². The van der Waals surface area contributed by atoms with E-state index in [4.69, 9.17) is 0 Å². The number of hydrogen-bond donors (Lipinski definition) is 0. The summed E-state index contributed by atoms with van der Waals surface area (Å²) in [5, 5.41) is 0. The lowest BCUT2D eigenvalue weighted by Crippen LogP contribution is -2.47. The summed E-state index contributed by atoms with van der Waals surface area (Å²) in [5.74, 6) is 1.90. The number of rotatable bonds is 3. The zero-order valence-corrected chi connectivity index (χ0v) is 14.4. The Morgan fingerprint density at radius 1 is 0.923 bits per heavy atom. The molecule has 2 aromatic rings. The second kappa shape index (κ2) is 6.37. The van der Waals surface area contributed by atoms with Crippen molar-refractivity contribution >= 4 is 11.6 Å². The second-order valence-corrected chi connectivity index (χ2v) is 6.71. The Kier molecular flexibility index (Phi) is 4.16. The Morgan fingerprint density at radius 2 is 1.58 bits per heavy atom. The highest BCUT2D eigenvalue weighted by molar-refractivity contribution is 5.46. The molecule has 0 radical (unpaired) electrons. The third-order valence-corrected chi connectivity index (χ3v) is 4.71. The molecule has 1 aliphatic carbocycles. The first-order valence-corrected chi connectivity index (χ1v) is 8.65. The molecule has 0 bridgehead atoms. The molecule has 9 heteroatoms. The molecular formula is C17H19F3N6. The van der Waals surface area contributed by atoms with Crippen molar-refractivity contribution in [1.82, 2.24) is 19.9 Å². The number of nitrogens with zero attached hydrogens (tertiary/aromatic N) is 6. The molecule has 1 aliphatic heterocycles. The van der Waals surface area contributed by atoms with Crippen molar-refractivity contribution in [2.24, 2.45) is 0 Å². The van der Waals surface area contributed by atoms with Gasteiger partial charge in [-0.2, -0.15) is 13.2 Å². The van der Waals surface area contributed by atoms with Crippen LogP contribution in [-0.2, 0) is 6.18 Å². The number of hydrogen-bond acceptors (Lipinski definition) is 6. The molecule has 0 spiro atoms. The van der Waals surface area contributed by atoms with Crippen LogP contribution in [0.4, 0.5) is 24.8 Å². The zero-order valence-electron chi connectivity index (χ0n) is 14.4. The molecule has 1 saturated heterocycles. The van der Waals surface area contributed by atoms with Crippen molar-refractivity contribution < 1.29 is 13.2 Å². The predicted octanol–water partition coefficient (Wildman–Crippen LogP) is 2.80. The average molecular weight is 364 g/mol. The minimum Gasteiger partial charge on any atom is -0.353 e. The van der Waals surface area contributed by atoms with E-state index in [9.17, 15) is 13.2 Å². The van der Waals surface area contributed by atoms with Crippen LogP contribution in [0.1, 0.15) is 36.0 Å². The van der Waals surface area contributed by atoms with Crippen LogP contribution in [0, 0.1) is 6.92 Å². The van der Waals surface area contributed by atoms with Crippen molar-refractivity contribution in [1.29, 1.82) is 0 Å². The largest absolute Gasteiger partial charge is 0.433 e. The average Bonchev–Trinajstić information content (AvgIpc) is 3.46. The first-order chi connectivity index (χ1) is 12.4. The molecule has 3 heterocycles. The highest BCUT2D eigenvalue weighted by Crippen LogP contribution is 2.39. The van der Waals surface area contributed by atoms with E-state index < -0.39 is 11.9 Å². The van der Waals surface area contributed by atoms with E-state index in [1.165, 1.54) is 19.8 Å². The number of aryl methyl sites for hydroxylation is 1. The molecule has 0 unspecified atom stereocenters. The Bertz CT molecular complexity index is 797. The summed E-state index contributed by atoms with van der Waals surface area (Å²) >= 11 is 0. The van der Waals surface area contributed by atoms with Crippen molar-refractivity contribution in [3.05, 3.63) is 35.7 Å². The molecule has 2 aromatic heterocycles. The summed E-state index contributed by atoms with van der Waals surface area (Å²) in [5.41, 5.74) is 0.186. The minimum atomic E-state index is -4.47. The molecule has 0 atom stereocenters. The number of alkyl halides is 3. The quantitative estimate of drug-likeness (QED) is 0.835. The normalized spacial score (nSPS) is 18.3. The van der Waals surface area contributed by atoms with Gasteiger partial charge in [0.15, 0.2) is 0 Å². The molecule has 138 valence electrons. The van der Waals surface area contributed by atoms with Crippen LogP contribution in [0.25, 0.3) is 0 Å². The SMILES string of the molecule is Cc1nc(N2CCN(c3cc(C4CC4)ncn3)CC2)cc(C(F)(F)F)n1. The Balaban J connectivity index is 1.47. The molecule has 0 aromatic carbocycles. The summed E-state index contributed by atoms with van der Waals surface area (Å²) < 4.78 is 38.9. The monoisotopic (exact) mass is 364 g/mol. The van der Waals surface area contributed by atoms with Crippen LogP contribution in [0.5, 0.6) is 0 Å². The predicted molar refractivity (Wildman–Crippen MR) is 90.2 cm³/mol. The van der Waals surface area contributed by atoms with E-state index in [0.717, 1.165) is 17.6 Å². The van der Waals surface area contributed by atoms with Gasteiger partial charge < -0.3 is 9.80 Å². The van der Waals surface area contributed by atoms with Gasteiger partial charge >= 0.3 is 6.18 Å². The number of aromatic nitrogens is 4. The van der Waals surface area contributed by atoms with Gasteiger partial charge in [-0.05, 0) is 19.8 Å². The van der Waals surface area contributed by atoms with E-state index >= 15 is 0 Å². The minimum absolute atomic E-state index is 0.127. The third-order valence-electron chi connectivity index (χ3n) is 4.71. The van der Waals surface area contributed by atoms with Gasteiger partial charge in [0, 0.05) is 49.9 Å². The van der Waals surface area contributed by atoms with Crippen LogP contribution in [-0.4, -0.2) is 46.1 Å². The molecule has 6 nitrogen and oxygen atoms in total. The van der Waals surface area contributed by atoms with Gasteiger partial charge in [0.1, 0.15) is 29.5 Å². The Morgan fingerprint density at radius 3 is 2.19 bits per heavy atom. The van der Waals surface area contributed by atoms with Gasteiger partial charge in [0.05, 0.1) is 0 Å². The second-order valence-electron chi connectivity index (χ2n) is 6.71. The number of anilines is 2. The third kappa shape index (κ3) is 3.56. The van der Waals surface area contributed by atoms with E-state index in [1.807, 2.05) is 11.0 Å². The van der Waals surface area contributed by atoms with Crippen LogP contribution in [0.2, 0.25) is 0 Å². The summed E-state index contributed by atoms with van der Waals surface area (Å²) in [6.45, 7) is 3.99.